The van der Waals surface area contributed by atoms with Crippen LogP contribution in [0.4, 0.5) is 8.78 Å². The first kappa shape index (κ1) is 14.4. The van der Waals surface area contributed by atoms with Gasteiger partial charge in [0.15, 0.2) is 0 Å². The molecule has 0 saturated heterocycles. The highest BCUT2D eigenvalue weighted by Crippen LogP contribution is 2.39. The SMILES string of the molecule is COc1cccc(C(N)CC(=O)O)c1C(C)(F)F. The minimum Gasteiger partial charge on any atom is -0.496 e. The zero-order valence-electron chi connectivity index (χ0n) is 10.1. The number of methoxy groups -OCH3 is 1. The Bertz CT molecular complexity index is 443. The molecule has 0 aliphatic rings. The zero-order chi connectivity index (χ0) is 13.9. The molecule has 0 amide bonds. The van der Waals surface area contributed by atoms with Crippen molar-refractivity contribution in [3.63, 3.8) is 0 Å². The van der Waals surface area contributed by atoms with Gasteiger partial charge in [0.1, 0.15) is 5.75 Å². The van der Waals surface area contributed by atoms with E-state index in [1.54, 1.807) is 0 Å². The quantitative estimate of drug-likeness (QED) is 0.850. The summed E-state index contributed by atoms with van der Waals surface area (Å²) in [6, 6.07) is 3.29. The lowest BCUT2D eigenvalue weighted by molar-refractivity contribution is -0.137. The normalized spacial score (nSPS) is 13.2. The lowest BCUT2D eigenvalue weighted by Crippen LogP contribution is -2.21. The molecule has 0 radical (unpaired) electrons. The van der Waals surface area contributed by atoms with Gasteiger partial charge in [0.05, 0.1) is 19.1 Å². The van der Waals surface area contributed by atoms with Crippen LogP contribution in [0.3, 0.4) is 0 Å². The highest BCUT2D eigenvalue weighted by Gasteiger charge is 2.33. The number of carboxylic acid groups (broad SMARTS) is 1. The summed E-state index contributed by atoms with van der Waals surface area (Å²) >= 11 is 0. The van der Waals surface area contributed by atoms with Crippen molar-refractivity contribution in [1.82, 2.24) is 0 Å². The van der Waals surface area contributed by atoms with Crippen molar-refractivity contribution in [2.75, 3.05) is 7.11 Å². The molecule has 3 N–H and O–H groups in total. The molecule has 0 aliphatic carbocycles. The first-order valence-electron chi connectivity index (χ1n) is 5.30. The Morgan fingerprint density at radius 2 is 2.17 bits per heavy atom. The van der Waals surface area contributed by atoms with Crippen LogP contribution < -0.4 is 10.5 Å². The molecule has 100 valence electrons. The molecule has 0 aliphatic heterocycles. The molecule has 0 fully saturated rings. The molecule has 0 bridgehead atoms. The summed E-state index contributed by atoms with van der Waals surface area (Å²) in [6.07, 6.45) is -0.420. The number of carbonyl (C=O) groups is 1. The number of hydrogen-bond acceptors (Lipinski definition) is 3. The number of hydrogen-bond donors (Lipinski definition) is 2. The third-order valence-corrected chi connectivity index (χ3v) is 2.51. The van der Waals surface area contributed by atoms with E-state index in [9.17, 15) is 13.6 Å². The monoisotopic (exact) mass is 259 g/mol. The second kappa shape index (κ2) is 5.30. The average molecular weight is 259 g/mol. The number of halogens is 2. The Morgan fingerprint density at radius 3 is 2.61 bits per heavy atom. The number of rotatable bonds is 5. The fraction of sp³-hybridized carbons (Fsp3) is 0.417. The van der Waals surface area contributed by atoms with Gasteiger partial charge in [-0.2, -0.15) is 0 Å². The molecule has 18 heavy (non-hydrogen) atoms. The third-order valence-electron chi connectivity index (χ3n) is 2.51. The van der Waals surface area contributed by atoms with E-state index in [2.05, 4.69) is 0 Å². The van der Waals surface area contributed by atoms with Crippen molar-refractivity contribution in [2.24, 2.45) is 5.73 Å². The molecule has 0 heterocycles. The highest BCUT2D eigenvalue weighted by atomic mass is 19.3. The van der Waals surface area contributed by atoms with Gasteiger partial charge in [-0.25, -0.2) is 8.78 Å². The molecule has 1 aromatic carbocycles. The maximum absolute atomic E-state index is 13.6. The van der Waals surface area contributed by atoms with Crippen molar-refractivity contribution < 1.29 is 23.4 Å². The minimum atomic E-state index is -3.15. The van der Waals surface area contributed by atoms with E-state index in [4.69, 9.17) is 15.6 Å². The van der Waals surface area contributed by atoms with Gasteiger partial charge >= 0.3 is 5.97 Å². The Hall–Kier alpha value is -1.69. The lowest BCUT2D eigenvalue weighted by atomic mass is 9.94. The Morgan fingerprint density at radius 1 is 1.56 bits per heavy atom. The molecular formula is C12H15F2NO3. The maximum atomic E-state index is 13.6. The molecule has 0 spiro atoms. The summed E-state index contributed by atoms with van der Waals surface area (Å²) in [5.74, 6) is -4.30. The standard InChI is InChI=1S/C12H15F2NO3/c1-12(13,14)11-7(8(15)6-10(16)17)4-3-5-9(11)18-2/h3-5,8H,6,15H2,1-2H3,(H,16,17). The topological polar surface area (TPSA) is 72.5 Å². The first-order valence-corrected chi connectivity index (χ1v) is 5.30. The molecule has 6 heteroatoms. The van der Waals surface area contributed by atoms with Gasteiger partial charge < -0.3 is 15.6 Å². The summed E-state index contributed by atoms with van der Waals surface area (Å²) in [4.78, 5) is 10.6. The van der Waals surface area contributed by atoms with E-state index in [-0.39, 0.29) is 16.9 Å². The number of carboxylic acids is 1. The summed E-state index contributed by atoms with van der Waals surface area (Å²) < 4.78 is 32.0. The molecule has 0 saturated carbocycles. The molecule has 4 nitrogen and oxygen atoms in total. The Balaban J connectivity index is 3.30. The van der Waals surface area contributed by atoms with Crippen molar-refractivity contribution in [1.29, 1.82) is 0 Å². The van der Waals surface area contributed by atoms with Crippen molar-refractivity contribution in [2.45, 2.75) is 25.3 Å². The fourth-order valence-electron chi connectivity index (χ4n) is 1.80. The predicted octanol–water partition coefficient (Wildman–Crippen LogP) is 2.28. The second-order valence-corrected chi connectivity index (χ2v) is 4.02. The largest absolute Gasteiger partial charge is 0.496 e. The van der Waals surface area contributed by atoms with E-state index in [1.165, 1.54) is 25.3 Å². The van der Waals surface area contributed by atoms with Crippen LogP contribution in [0.25, 0.3) is 0 Å². The number of alkyl halides is 2. The van der Waals surface area contributed by atoms with Crippen molar-refractivity contribution in [3.8, 4) is 5.75 Å². The van der Waals surface area contributed by atoms with Crippen molar-refractivity contribution >= 4 is 5.97 Å². The molecule has 1 rings (SSSR count). The highest BCUT2D eigenvalue weighted by molar-refractivity contribution is 5.68. The van der Waals surface area contributed by atoms with Crippen LogP contribution in [0.15, 0.2) is 18.2 Å². The van der Waals surface area contributed by atoms with Crippen LogP contribution in [0.5, 0.6) is 5.75 Å². The van der Waals surface area contributed by atoms with E-state index >= 15 is 0 Å². The van der Waals surface area contributed by atoms with Gasteiger partial charge in [0.2, 0.25) is 0 Å². The number of ether oxygens (including phenoxy) is 1. The van der Waals surface area contributed by atoms with Crippen LogP contribution >= 0.6 is 0 Å². The smallest absolute Gasteiger partial charge is 0.305 e. The fourth-order valence-corrected chi connectivity index (χ4v) is 1.80. The Kier molecular flexibility index (Phi) is 4.24. The van der Waals surface area contributed by atoms with Gasteiger partial charge in [-0.3, -0.25) is 4.79 Å². The molecular weight excluding hydrogens is 244 g/mol. The van der Waals surface area contributed by atoms with Crippen molar-refractivity contribution in [3.05, 3.63) is 29.3 Å². The molecule has 1 unspecified atom stereocenters. The van der Waals surface area contributed by atoms with Crippen LogP contribution in [-0.2, 0) is 10.7 Å². The summed E-state index contributed by atoms with van der Waals surface area (Å²) in [5.41, 5.74) is 5.37. The van der Waals surface area contributed by atoms with Crippen LogP contribution in [0.2, 0.25) is 0 Å². The minimum absolute atomic E-state index is 0.000777. The molecule has 1 aromatic rings. The van der Waals surface area contributed by atoms with E-state index < -0.39 is 24.4 Å². The van der Waals surface area contributed by atoms with Gasteiger partial charge in [0.25, 0.3) is 5.92 Å². The van der Waals surface area contributed by atoms with E-state index in [0.717, 1.165) is 6.92 Å². The van der Waals surface area contributed by atoms with E-state index in [1.807, 2.05) is 0 Å². The maximum Gasteiger partial charge on any atom is 0.305 e. The average Bonchev–Trinajstić information content (AvgIpc) is 2.25. The zero-order valence-corrected chi connectivity index (χ0v) is 10.1. The van der Waals surface area contributed by atoms with Gasteiger partial charge in [-0.1, -0.05) is 12.1 Å². The second-order valence-electron chi connectivity index (χ2n) is 4.02. The predicted molar refractivity (Wildman–Crippen MR) is 61.7 cm³/mol. The molecule has 0 aromatic heterocycles. The van der Waals surface area contributed by atoms with E-state index in [0.29, 0.717) is 0 Å². The summed E-state index contributed by atoms with van der Waals surface area (Å²) in [5, 5.41) is 8.67. The van der Waals surface area contributed by atoms with Gasteiger partial charge in [0, 0.05) is 13.0 Å². The van der Waals surface area contributed by atoms with Crippen LogP contribution in [-0.4, -0.2) is 18.2 Å². The van der Waals surface area contributed by atoms with Crippen LogP contribution in [0.1, 0.15) is 30.5 Å². The first-order chi connectivity index (χ1) is 8.27. The number of benzene rings is 1. The Labute approximate surface area is 103 Å². The summed E-state index contributed by atoms with van der Waals surface area (Å²) in [7, 11) is 1.27. The van der Waals surface area contributed by atoms with Gasteiger partial charge in [-0.15, -0.1) is 0 Å². The molecule has 1 atom stereocenters. The summed E-state index contributed by atoms with van der Waals surface area (Å²) in [6.45, 7) is 0.724. The van der Waals surface area contributed by atoms with Gasteiger partial charge in [-0.05, 0) is 11.6 Å². The lowest BCUT2D eigenvalue weighted by Gasteiger charge is -2.22. The number of aliphatic carboxylic acids is 1. The third kappa shape index (κ3) is 3.16. The van der Waals surface area contributed by atoms with Crippen LogP contribution in [0, 0.1) is 0 Å². The number of nitrogens with two attached hydrogens (primary N) is 1.